The molecule has 0 radical (unpaired) electrons. The molecule has 2 rings (SSSR count). The summed E-state index contributed by atoms with van der Waals surface area (Å²) in [6.07, 6.45) is -0.00241. The summed E-state index contributed by atoms with van der Waals surface area (Å²) in [5, 5.41) is 8.72. The Morgan fingerprint density at radius 1 is 1.53 bits per heavy atom. The highest BCUT2D eigenvalue weighted by molar-refractivity contribution is 6.02. The highest BCUT2D eigenvalue weighted by atomic mass is 19.1. The van der Waals surface area contributed by atoms with E-state index in [9.17, 15) is 14.0 Å². The quantitative estimate of drug-likeness (QED) is 0.751. The number of halogens is 1. The molecule has 5 heteroatoms. The number of aromatic carboxylic acids is 1. The van der Waals surface area contributed by atoms with Crippen LogP contribution in [0.4, 0.5) is 10.1 Å². The van der Waals surface area contributed by atoms with Crippen molar-refractivity contribution < 1.29 is 19.1 Å². The zero-order valence-electron chi connectivity index (χ0n) is 7.95. The molecule has 1 aromatic carbocycles. The van der Waals surface area contributed by atoms with Crippen molar-refractivity contribution in [2.45, 2.75) is 6.42 Å². The third kappa shape index (κ3) is 1.36. The first-order chi connectivity index (χ1) is 7.00. The molecule has 0 unspecified atom stereocenters. The van der Waals surface area contributed by atoms with Crippen LogP contribution in [0.2, 0.25) is 0 Å². The molecular weight excluding hydrogens is 201 g/mol. The number of carbonyl (C=O) groups excluding carboxylic acids is 1. The van der Waals surface area contributed by atoms with Gasteiger partial charge in [-0.3, -0.25) is 4.79 Å². The fourth-order valence-corrected chi connectivity index (χ4v) is 1.62. The van der Waals surface area contributed by atoms with E-state index >= 15 is 0 Å². The molecule has 0 bridgehead atoms. The van der Waals surface area contributed by atoms with Gasteiger partial charge >= 0.3 is 5.97 Å². The maximum absolute atomic E-state index is 13.4. The first-order valence-corrected chi connectivity index (χ1v) is 4.33. The molecule has 4 nitrogen and oxygen atoms in total. The predicted octanol–water partition coefficient (Wildman–Crippen LogP) is 1.04. The van der Waals surface area contributed by atoms with E-state index in [1.54, 1.807) is 0 Å². The van der Waals surface area contributed by atoms with Crippen molar-refractivity contribution in [2.24, 2.45) is 0 Å². The van der Waals surface area contributed by atoms with Gasteiger partial charge in [-0.15, -0.1) is 0 Å². The van der Waals surface area contributed by atoms with Crippen molar-refractivity contribution in [1.29, 1.82) is 0 Å². The molecule has 1 aliphatic heterocycles. The van der Waals surface area contributed by atoms with Crippen LogP contribution in [0.5, 0.6) is 0 Å². The lowest BCUT2D eigenvalue weighted by Gasteiger charge is -2.10. The summed E-state index contributed by atoms with van der Waals surface area (Å²) in [4.78, 5) is 23.2. The topological polar surface area (TPSA) is 57.6 Å². The Labute approximate surface area is 84.9 Å². The van der Waals surface area contributed by atoms with Gasteiger partial charge in [-0.2, -0.15) is 0 Å². The summed E-state index contributed by atoms with van der Waals surface area (Å²) in [7, 11) is 1.50. The summed E-state index contributed by atoms with van der Waals surface area (Å²) in [6.45, 7) is 0. The van der Waals surface area contributed by atoms with E-state index in [4.69, 9.17) is 5.11 Å². The van der Waals surface area contributed by atoms with E-state index in [0.29, 0.717) is 5.69 Å². The van der Waals surface area contributed by atoms with E-state index in [1.165, 1.54) is 18.0 Å². The van der Waals surface area contributed by atoms with Gasteiger partial charge in [0.1, 0.15) is 5.82 Å². The van der Waals surface area contributed by atoms with Gasteiger partial charge in [0.05, 0.1) is 17.7 Å². The highest BCUT2D eigenvalue weighted by Crippen LogP contribution is 2.31. The second kappa shape index (κ2) is 3.05. The van der Waals surface area contributed by atoms with Gasteiger partial charge in [-0.1, -0.05) is 0 Å². The van der Waals surface area contributed by atoms with Crippen molar-refractivity contribution in [3.05, 3.63) is 29.1 Å². The van der Waals surface area contributed by atoms with E-state index in [1.807, 2.05) is 0 Å². The predicted molar refractivity (Wildman–Crippen MR) is 50.5 cm³/mol. The smallest absolute Gasteiger partial charge is 0.335 e. The number of rotatable bonds is 1. The van der Waals surface area contributed by atoms with E-state index in [0.717, 1.165) is 6.07 Å². The van der Waals surface area contributed by atoms with Crippen LogP contribution in [-0.4, -0.2) is 24.0 Å². The molecule has 0 saturated carbocycles. The Balaban J connectivity index is 2.62. The number of carbonyl (C=O) groups is 2. The van der Waals surface area contributed by atoms with Crippen LogP contribution in [0.1, 0.15) is 15.9 Å². The minimum Gasteiger partial charge on any atom is -0.478 e. The van der Waals surface area contributed by atoms with Crippen LogP contribution in [0.25, 0.3) is 0 Å². The number of nitrogens with zero attached hydrogens (tertiary/aromatic N) is 1. The highest BCUT2D eigenvalue weighted by Gasteiger charge is 2.28. The number of carboxylic acids is 1. The molecule has 0 saturated heterocycles. The fourth-order valence-electron chi connectivity index (χ4n) is 1.62. The largest absolute Gasteiger partial charge is 0.478 e. The third-order valence-corrected chi connectivity index (χ3v) is 2.48. The molecule has 1 aromatic rings. The van der Waals surface area contributed by atoms with Crippen molar-refractivity contribution in [3.63, 3.8) is 0 Å². The van der Waals surface area contributed by atoms with Gasteiger partial charge in [0.2, 0.25) is 5.91 Å². The van der Waals surface area contributed by atoms with Crippen LogP contribution in [0.3, 0.4) is 0 Å². The van der Waals surface area contributed by atoms with Crippen molar-refractivity contribution in [2.75, 3.05) is 11.9 Å². The number of hydrogen-bond donors (Lipinski definition) is 1. The van der Waals surface area contributed by atoms with Crippen LogP contribution in [0, 0.1) is 5.82 Å². The summed E-state index contributed by atoms with van der Waals surface area (Å²) in [5.41, 5.74) is 0.470. The van der Waals surface area contributed by atoms with Crippen molar-refractivity contribution in [1.82, 2.24) is 0 Å². The van der Waals surface area contributed by atoms with Crippen LogP contribution < -0.4 is 4.90 Å². The number of carboxylic acid groups (broad SMARTS) is 1. The average molecular weight is 209 g/mol. The Morgan fingerprint density at radius 2 is 2.20 bits per heavy atom. The van der Waals surface area contributed by atoms with Crippen LogP contribution in [0.15, 0.2) is 12.1 Å². The first-order valence-electron chi connectivity index (χ1n) is 4.33. The monoisotopic (exact) mass is 209 g/mol. The van der Waals surface area contributed by atoms with Gasteiger partial charge in [0, 0.05) is 12.6 Å². The van der Waals surface area contributed by atoms with Gasteiger partial charge in [0.15, 0.2) is 0 Å². The SMILES string of the molecule is CN1C(=O)Cc2c(F)cc(C(=O)O)cc21. The number of hydrogen-bond acceptors (Lipinski definition) is 2. The Hall–Kier alpha value is -1.91. The van der Waals surface area contributed by atoms with Gasteiger partial charge in [-0.05, 0) is 12.1 Å². The molecule has 0 atom stereocenters. The zero-order valence-corrected chi connectivity index (χ0v) is 7.95. The van der Waals surface area contributed by atoms with Crippen molar-refractivity contribution >= 4 is 17.6 Å². The molecule has 78 valence electrons. The molecular formula is C10H8FNO3. The summed E-state index contributed by atoms with van der Waals surface area (Å²) < 4.78 is 13.4. The number of benzene rings is 1. The van der Waals surface area contributed by atoms with Crippen LogP contribution in [-0.2, 0) is 11.2 Å². The Morgan fingerprint density at radius 3 is 2.80 bits per heavy atom. The van der Waals surface area contributed by atoms with Crippen molar-refractivity contribution in [3.8, 4) is 0 Å². The second-order valence-electron chi connectivity index (χ2n) is 3.39. The number of anilines is 1. The van der Waals surface area contributed by atoms with E-state index < -0.39 is 11.8 Å². The molecule has 1 N–H and O–H groups in total. The minimum absolute atomic E-state index is 0.00241. The maximum atomic E-state index is 13.4. The van der Waals surface area contributed by atoms with Crippen LogP contribution >= 0.6 is 0 Å². The van der Waals surface area contributed by atoms with Gasteiger partial charge in [-0.25, -0.2) is 9.18 Å². The van der Waals surface area contributed by atoms with E-state index in [2.05, 4.69) is 0 Å². The third-order valence-electron chi connectivity index (χ3n) is 2.48. The Kier molecular flexibility index (Phi) is 1.96. The second-order valence-corrected chi connectivity index (χ2v) is 3.39. The minimum atomic E-state index is -1.20. The summed E-state index contributed by atoms with van der Waals surface area (Å²) in [6, 6.07) is 2.25. The molecule has 0 spiro atoms. The number of fused-ring (bicyclic) bond motifs is 1. The molecule has 0 aliphatic carbocycles. The van der Waals surface area contributed by atoms with Gasteiger partial charge in [0.25, 0.3) is 0 Å². The molecule has 1 aliphatic rings. The maximum Gasteiger partial charge on any atom is 0.335 e. The molecule has 1 heterocycles. The number of likely N-dealkylation sites (N-methyl/N-ethyl adjacent to an activating group) is 1. The lowest BCUT2D eigenvalue weighted by molar-refractivity contribution is -0.117. The summed E-state index contributed by atoms with van der Waals surface area (Å²) >= 11 is 0. The zero-order chi connectivity index (χ0) is 11.2. The summed E-state index contributed by atoms with van der Waals surface area (Å²) in [5.74, 6) is -2.07. The molecule has 15 heavy (non-hydrogen) atoms. The van der Waals surface area contributed by atoms with E-state index in [-0.39, 0.29) is 23.5 Å². The first kappa shape index (κ1) is 9.64. The molecule has 0 aromatic heterocycles. The number of amides is 1. The lowest BCUT2D eigenvalue weighted by Crippen LogP contribution is -2.20. The molecule has 1 amide bonds. The molecule has 0 fully saturated rings. The normalized spacial score (nSPS) is 14.3. The lowest BCUT2D eigenvalue weighted by atomic mass is 10.1. The average Bonchev–Trinajstić information content (AvgIpc) is 2.45. The fraction of sp³-hybridized carbons (Fsp3) is 0.200. The standard InChI is InChI=1S/C10H8FNO3/c1-12-8-3-5(10(14)15)2-7(11)6(8)4-9(12)13/h2-3H,4H2,1H3,(H,14,15). The van der Waals surface area contributed by atoms with Gasteiger partial charge < -0.3 is 10.0 Å². The Bertz CT molecular complexity index is 470.